The maximum Gasteiger partial charge on any atom is 0.313 e. The van der Waals surface area contributed by atoms with Crippen LogP contribution >= 0.6 is 11.6 Å². The van der Waals surface area contributed by atoms with Crippen LogP contribution in [0, 0.1) is 24.0 Å². The quantitative estimate of drug-likeness (QED) is 0.252. The van der Waals surface area contributed by atoms with Crippen molar-refractivity contribution in [1.29, 1.82) is 0 Å². The summed E-state index contributed by atoms with van der Waals surface area (Å²) < 4.78 is 38.9. The summed E-state index contributed by atoms with van der Waals surface area (Å²) in [7, 11) is 3.09. The van der Waals surface area contributed by atoms with Gasteiger partial charge in [-0.3, -0.25) is 19.2 Å². The first-order valence-corrected chi connectivity index (χ1v) is 16.2. The Morgan fingerprint density at radius 1 is 1.11 bits per heavy atom. The van der Waals surface area contributed by atoms with Crippen molar-refractivity contribution in [2.24, 2.45) is 5.41 Å². The summed E-state index contributed by atoms with van der Waals surface area (Å²) >= 11 is 6.03. The lowest BCUT2D eigenvalue weighted by molar-refractivity contribution is -0.172. The average Bonchev–Trinajstić information content (AvgIpc) is 3.33. The van der Waals surface area contributed by atoms with Gasteiger partial charge in [0.25, 0.3) is 5.91 Å². The first-order valence-electron chi connectivity index (χ1n) is 15.9. The molecule has 1 amide bonds. The van der Waals surface area contributed by atoms with Gasteiger partial charge < -0.3 is 15.0 Å². The average molecular weight is 673 g/mol. The predicted octanol–water partition coefficient (Wildman–Crippen LogP) is 7.27. The van der Waals surface area contributed by atoms with Crippen LogP contribution < -0.4 is 5.32 Å². The van der Waals surface area contributed by atoms with Crippen LogP contribution in [-0.2, 0) is 28.0 Å². The van der Waals surface area contributed by atoms with Crippen molar-refractivity contribution in [3.8, 4) is 0 Å². The number of esters is 1. The molecule has 2 aromatic heterocycles. The van der Waals surface area contributed by atoms with E-state index in [9.17, 15) is 14.0 Å². The Morgan fingerprint density at radius 2 is 1.79 bits per heavy atom. The molecule has 0 aliphatic carbocycles. The third-order valence-electron chi connectivity index (χ3n) is 8.37. The molecule has 9 nitrogen and oxygen atoms in total. The van der Waals surface area contributed by atoms with Gasteiger partial charge in [0, 0.05) is 50.4 Å². The van der Waals surface area contributed by atoms with Crippen molar-refractivity contribution in [2.75, 3.05) is 26.0 Å². The van der Waals surface area contributed by atoms with Gasteiger partial charge in [0.1, 0.15) is 17.2 Å². The lowest BCUT2D eigenvalue weighted by Crippen LogP contribution is -2.51. The zero-order chi connectivity index (χ0) is 35.1. The smallest absolute Gasteiger partial charge is 0.313 e. The molecule has 3 heterocycles. The molecule has 2 atom stereocenters. The number of aryl methyl sites for hydroxylation is 1. The number of benzene rings is 1. The van der Waals surface area contributed by atoms with Crippen molar-refractivity contribution in [3.05, 3.63) is 69.5 Å². The minimum Gasteiger partial charge on any atom is -0.460 e. The van der Waals surface area contributed by atoms with Crippen LogP contribution in [0.2, 0.25) is 5.02 Å². The number of anilines is 2. The second-order valence-corrected chi connectivity index (χ2v) is 15.2. The number of nitrogens with zero attached hydrogens (tertiary/aromatic N) is 5. The molecule has 0 radical (unpaired) electrons. The monoisotopic (exact) mass is 672 g/mol. The summed E-state index contributed by atoms with van der Waals surface area (Å²) in [6.45, 7) is 16.1. The number of ether oxygens (including phenoxy) is 1. The number of nitrogens with one attached hydrogen (secondary N) is 1. The summed E-state index contributed by atoms with van der Waals surface area (Å²) in [5.74, 6) is -1.55. The first-order chi connectivity index (χ1) is 21.7. The van der Waals surface area contributed by atoms with Crippen LogP contribution in [0.4, 0.5) is 20.4 Å². The Hall–Kier alpha value is -3.57. The van der Waals surface area contributed by atoms with E-state index in [1.165, 1.54) is 17.0 Å². The predicted molar refractivity (Wildman–Crippen MR) is 180 cm³/mol. The van der Waals surface area contributed by atoms with Crippen LogP contribution in [0.1, 0.15) is 88.6 Å². The maximum absolute atomic E-state index is 16.3. The Kier molecular flexibility index (Phi) is 10.4. The van der Waals surface area contributed by atoms with Crippen molar-refractivity contribution >= 4 is 35.1 Å². The number of amides is 1. The first kappa shape index (κ1) is 36.3. The van der Waals surface area contributed by atoms with Crippen molar-refractivity contribution in [3.63, 3.8) is 0 Å². The van der Waals surface area contributed by atoms with E-state index in [4.69, 9.17) is 16.3 Å². The fraction of sp³-hybridized carbons (Fsp3) is 0.543. The van der Waals surface area contributed by atoms with Gasteiger partial charge in [-0.1, -0.05) is 23.7 Å². The molecule has 1 N–H and O–H groups in total. The SMILES string of the molecule is Cc1cc(Nc2cc(C(=O)N(C)C)c(F)c(CC3(C(=O)OC(C)(C)C)CCN(Cc4cccc(Cl)c4F)[C@H](C)C3)n2)nn1C(C)(C)C. The summed E-state index contributed by atoms with van der Waals surface area (Å²) in [6.07, 6.45) is 0.504. The zero-order valence-electron chi connectivity index (χ0n) is 29.1. The van der Waals surface area contributed by atoms with Crippen LogP contribution in [-0.4, -0.2) is 68.7 Å². The molecule has 1 aromatic carbocycles. The lowest BCUT2D eigenvalue weighted by Gasteiger charge is -2.45. The Bertz CT molecular complexity index is 1650. The Labute approximate surface area is 281 Å². The topological polar surface area (TPSA) is 92.6 Å². The van der Waals surface area contributed by atoms with E-state index in [0.717, 1.165) is 5.69 Å². The highest BCUT2D eigenvalue weighted by Crippen LogP contribution is 2.42. The van der Waals surface area contributed by atoms with E-state index in [2.05, 4.69) is 20.3 Å². The van der Waals surface area contributed by atoms with Crippen molar-refractivity contribution in [2.45, 2.75) is 98.4 Å². The number of hydrogen-bond acceptors (Lipinski definition) is 7. The van der Waals surface area contributed by atoms with Gasteiger partial charge in [-0.05, 0) is 86.9 Å². The van der Waals surface area contributed by atoms with Gasteiger partial charge in [0.15, 0.2) is 11.6 Å². The standard InChI is InChI=1S/C35H47ClF2N6O3/c1-21-16-28(41-44(21)33(3,4)5)40-27-17-24(31(45)42(9)10)30(38)26(39-27)19-35(32(46)47-34(6,7)8)14-15-43(22(2)18-35)20-23-12-11-13-25(36)29(23)37/h11-13,16-17,22H,14-15,18-20H2,1-10H3,(H,39,40,41)/t22-,35?/m1/s1. The Balaban J connectivity index is 1.74. The minimum atomic E-state index is -1.16. The van der Waals surface area contributed by atoms with Gasteiger partial charge in [0.05, 0.1) is 27.2 Å². The molecule has 1 saturated heterocycles. The fourth-order valence-electron chi connectivity index (χ4n) is 6.13. The molecule has 0 bridgehead atoms. The van der Waals surface area contributed by atoms with Crippen molar-refractivity contribution in [1.82, 2.24) is 24.6 Å². The highest BCUT2D eigenvalue weighted by Gasteiger charge is 2.47. The van der Waals surface area contributed by atoms with E-state index in [1.807, 2.05) is 45.4 Å². The number of piperidine rings is 1. The van der Waals surface area contributed by atoms with Gasteiger partial charge in [-0.25, -0.2) is 13.8 Å². The van der Waals surface area contributed by atoms with Crippen LogP contribution in [0.15, 0.2) is 30.3 Å². The number of aromatic nitrogens is 3. The van der Waals surface area contributed by atoms with Gasteiger partial charge >= 0.3 is 5.97 Å². The lowest BCUT2D eigenvalue weighted by atomic mass is 9.71. The highest BCUT2D eigenvalue weighted by molar-refractivity contribution is 6.30. The maximum atomic E-state index is 16.3. The number of likely N-dealkylation sites (tertiary alicyclic amines) is 1. The minimum absolute atomic E-state index is 0.0282. The zero-order valence-corrected chi connectivity index (χ0v) is 29.9. The van der Waals surface area contributed by atoms with E-state index in [0.29, 0.717) is 37.3 Å². The van der Waals surface area contributed by atoms with Crippen molar-refractivity contribution < 1.29 is 23.1 Å². The largest absolute Gasteiger partial charge is 0.460 e. The summed E-state index contributed by atoms with van der Waals surface area (Å²) in [4.78, 5) is 35.2. The third-order valence-corrected chi connectivity index (χ3v) is 8.66. The molecule has 3 aromatic rings. The Morgan fingerprint density at radius 3 is 2.36 bits per heavy atom. The van der Waals surface area contributed by atoms with E-state index in [1.54, 1.807) is 47.0 Å². The molecule has 1 aliphatic rings. The second kappa shape index (κ2) is 13.5. The third kappa shape index (κ3) is 8.30. The van der Waals surface area contributed by atoms with Crippen LogP contribution in [0.5, 0.6) is 0 Å². The molecule has 0 spiro atoms. The number of rotatable bonds is 8. The normalized spacial score (nSPS) is 19.0. The number of hydrogen-bond donors (Lipinski definition) is 1. The van der Waals surface area contributed by atoms with Gasteiger partial charge in [0.2, 0.25) is 0 Å². The number of carbonyl (C=O) groups excluding carboxylic acids is 2. The molecule has 256 valence electrons. The molecule has 0 saturated carbocycles. The molecule has 47 heavy (non-hydrogen) atoms. The van der Waals surface area contributed by atoms with E-state index < -0.39 is 34.5 Å². The number of carbonyl (C=O) groups is 2. The molecule has 1 unspecified atom stereocenters. The molecular formula is C35H47ClF2N6O3. The van der Waals surface area contributed by atoms with E-state index in [-0.39, 0.29) is 40.1 Å². The molecule has 1 aliphatic heterocycles. The second-order valence-electron chi connectivity index (χ2n) is 14.8. The van der Waals surface area contributed by atoms with E-state index >= 15 is 4.39 Å². The summed E-state index contributed by atoms with van der Waals surface area (Å²) in [5, 5.41) is 7.87. The molecule has 12 heteroatoms. The molecule has 1 fully saturated rings. The summed E-state index contributed by atoms with van der Waals surface area (Å²) in [6, 6.07) is 7.92. The fourth-order valence-corrected chi connectivity index (χ4v) is 6.32. The van der Waals surface area contributed by atoms with Gasteiger partial charge in [-0.2, -0.15) is 5.10 Å². The van der Waals surface area contributed by atoms with Crippen LogP contribution in [0.25, 0.3) is 0 Å². The molecule has 4 rings (SSSR count). The number of pyridine rings is 1. The highest BCUT2D eigenvalue weighted by atomic mass is 35.5. The number of halogens is 3. The van der Waals surface area contributed by atoms with Gasteiger partial charge in [-0.15, -0.1) is 0 Å². The molecular weight excluding hydrogens is 626 g/mol. The van der Waals surface area contributed by atoms with Crippen LogP contribution in [0.3, 0.4) is 0 Å². The summed E-state index contributed by atoms with van der Waals surface area (Å²) in [5.41, 5.74) is -1.06.